The fraction of sp³-hybridized carbons (Fsp3) is 0.769. The van der Waals surface area contributed by atoms with Gasteiger partial charge in [0.15, 0.2) is 0 Å². The Morgan fingerprint density at radius 2 is 1.94 bits per heavy atom. The lowest BCUT2D eigenvalue weighted by Crippen LogP contribution is -2.08. The van der Waals surface area contributed by atoms with Crippen LogP contribution in [-0.4, -0.2) is 24.3 Å². The maximum Gasteiger partial charge on any atom is 0.333 e. The van der Waals surface area contributed by atoms with E-state index in [0.29, 0.717) is 5.57 Å². The van der Waals surface area contributed by atoms with Gasteiger partial charge in [0.05, 0.1) is 13.2 Å². The fourth-order valence-electron chi connectivity index (χ4n) is 1.56. The summed E-state index contributed by atoms with van der Waals surface area (Å²) in [6.07, 6.45) is 7.63. The van der Waals surface area contributed by atoms with Crippen LogP contribution in [0.3, 0.4) is 0 Å². The molecule has 0 spiro atoms. The largest absolute Gasteiger partial charge is 0.466 e. The smallest absolute Gasteiger partial charge is 0.333 e. The zero-order valence-electron chi connectivity index (χ0n) is 10.7. The number of carbonyl (C=O) groups excluding carboxylic acids is 1. The van der Waals surface area contributed by atoms with Crippen LogP contribution >= 0.6 is 0 Å². The van der Waals surface area contributed by atoms with Crippen LogP contribution in [0, 0.1) is 0 Å². The minimum Gasteiger partial charge on any atom is -0.466 e. The Bertz CT molecular complexity index is 221. The Morgan fingerprint density at radius 1 is 1.31 bits per heavy atom. The predicted octanol–water partition coefficient (Wildman–Crippen LogP) is 2.83. The summed E-state index contributed by atoms with van der Waals surface area (Å²) in [5.41, 5.74) is 0.476. The lowest BCUT2D eigenvalue weighted by atomic mass is 10.1. The number of carbonyl (C=O) groups is 1. The summed E-state index contributed by atoms with van der Waals surface area (Å²) >= 11 is 0. The van der Waals surface area contributed by atoms with E-state index in [2.05, 4.69) is 11.7 Å². The molecule has 94 valence electrons. The Labute approximate surface area is 98.5 Å². The minimum absolute atomic E-state index is 0.370. The highest BCUT2D eigenvalue weighted by Crippen LogP contribution is 2.09. The standard InChI is InChI=1S/C13H24O3/c1-4-5-6-7-8-9-12(14)10-11(2)13(15)16-3/h10,12,14H,4-9H2,1-3H3/b11-10+. The molecule has 0 fully saturated rings. The first kappa shape index (κ1) is 15.2. The zero-order chi connectivity index (χ0) is 12.4. The van der Waals surface area contributed by atoms with E-state index in [1.807, 2.05) is 0 Å². The number of methoxy groups -OCH3 is 1. The van der Waals surface area contributed by atoms with Gasteiger partial charge in [0.1, 0.15) is 0 Å². The zero-order valence-corrected chi connectivity index (χ0v) is 10.7. The van der Waals surface area contributed by atoms with Crippen LogP contribution in [-0.2, 0) is 9.53 Å². The van der Waals surface area contributed by atoms with Gasteiger partial charge in [-0.15, -0.1) is 0 Å². The number of ether oxygens (including phenoxy) is 1. The molecule has 3 heteroatoms. The number of unbranched alkanes of at least 4 members (excludes halogenated alkanes) is 4. The van der Waals surface area contributed by atoms with E-state index in [9.17, 15) is 9.90 Å². The Morgan fingerprint density at radius 3 is 2.50 bits per heavy atom. The predicted molar refractivity (Wildman–Crippen MR) is 65.2 cm³/mol. The summed E-state index contributed by atoms with van der Waals surface area (Å²) < 4.78 is 4.55. The number of hydrogen-bond donors (Lipinski definition) is 1. The fourth-order valence-corrected chi connectivity index (χ4v) is 1.56. The van der Waals surface area contributed by atoms with Gasteiger partial charge < -0.3 is 9.84 Å². The molecule has 0 rings (SSSR count). The summed E-state index contributed by atoms with van der Waals surface area (Å²) in [6, 6.07) is 0. The van der Waals surface area contributed by atoms with Gasteiger partial charge in [-0.05, 0) is 19.4 Å². The summed E-state index contributed by atoms with van der Waals surface area (Å²) in [5, 5.41) is 9.64. The van der Waals surface area contributed by atoms with E-state index in [0.717, 1.165) is 19.3 Å². The van der Waals surface area contributed by atoms with Gasteiger partial charge in [-0.1, -0.05) is 39.0 Å². The molecular weight excluding hydrogens is 204 g/mol. The van der Waals surface area contributed by atoms with Crippen LogP contribution in [0.25, 0.3) is 0 Å². The molecule has 1 N–H and O–H groups in total. The quantitative estimate of drug-likeness (QED) is 0.395. The maximum absolute atomic E-state index is 11.1. The summed E-state index contributed by atoms with van der Waals surface area (Å²) in [4.78, 5) is 11.1. The van der Waals surface area contributed by atoms with Crippen molar-refractivity contribution in [2.24, 2.45) is 0 Å². The van der Waals surface area contributed by atoms with E-state index < -0.39 is 6.10 Å². The molecule has 0 aliphatic heterocycles. The SMILES string of the molecule is CCCCCCCC(O)/C=C(\C)C(=O)OC. The Hall–Kier alpha value is -0.830. The van der Waals surface area contributed by atoms with Crippen molar-refractivity contribution in [2.45, 2.75) is 58.5 Å². The first-order valence-electron chi connectivity index (χ1n) is 6.06. The van der Waals surface area contributed by atoms with Crippen molar-refractivity contribution in [1.82, 2.24) is 0 Å². The molecule has 16 heavy (non-hydrogen) atoms. The number of esters is 1. The van der Waals surface area contributed by atoms with E-state index in [1.165, 1.54) is 26.4 Å². The van der Waals surface area contributed by atoms with Crippen LogP contribution in [0.15, 0.2) is 11.6 Å². The second-order valence-electron chi connectivity index (χ2n) is 4.11. The summed E-state index contributed by atoms with van der Waals surface area (Å²) in [5.74, 6) is -0.370. The monoisotopic (exact) mass is 228 g/mol. The van der Waals surface area contributed by atoms with Gasteiger partial charge in [0.2, 0.25) is 0 Å². The van der Waals surface area contributed by atoms with Crippen molar-refractivity contribution in [3.63, 3.8) is 0 Å². The average Bonchev–Trinajstić information content (AvgIpc) is 2.27. The highest BCUT2D eigenvalue weighted by Gasteiger charge is 2.06. The summed E-state index contributed by atoms with van der Waals surface area (Å²) in [7, 11) is 1.34. The molecule has 0 amide bonds. The van der Waals surface area contributed by atoms with Gasteiger partial charge in [0, 0.05) is 5.57 Å². The molecule has 0 heterocycles. The second kappa shape index (κ2) is 9.40. The van der Waals surface area contributed by atoms with Crippen LogP contribution in [0.2, 0.25) is 0 Å². The molecular formula is C13H24O3. The number of hydrogen-bond acceptors (Lipinski definition) is 3. The second-order valence-corrected chi connectivity index (χ2v) is 4.11. The first-order valence-corrected chi connectivity index (χ1v) is 6.06. The molecule has 0 aromatic carbocycles. The molecule has 0 radical (unpaired) electrons. The van der Waals surface area contributed by atoms with Crippen molar-refractivity contribution < 1.29 is 14.6 Å². The number of aliphatic hydroxyl groups is 1. The molecule has 3 nitrogen and oxygen atoms in total. The van der Waals surface area contributed by atoms with Crippen LogP contribution in [0.1, 0.15) is 52.4 Å². The average molecular weight is 228 g/mol. The molecule has 1 unspecified atom stereocenters. The van der Waals surface area contributed by atoms with Crippen LogP contribution in [0.5, 0.6) is 0 Å². The van der Waals surface area contributed by atoms with Crippen molar-refractivity contribution in [3.05, 3.63) is 11.6 Å². The van der Waals surface area contributed by atoms with Crippen molar-refractivity contribution >= 4 is 5.97 Å². The third-order valence-electron chi connectivity index (χ3n) is 2.55. The first-order chi connectivity index (χ1) is 7.61. The third-order valence-corrected chi connectivity index (χ3v) is 2.55. The molecule has 1 atom stereocenters. The molecule has 0 saturated heterocycles. The van der Waals surface area contributed by atoms with Crippen LogP contribution in [0.4, 0.5) is 0 Å². The minimum atomic E-state index is -0.527. The molecule has 0 bridgehead atoms. The van der Waals surface area contributed by atoms with Gasteiger partial charge in [0.25, 0.3) is 0 Å². The molecule has 0 aromatic rings. The van der Waals surface area contributed by atoms with Gasteiger partial charge in [-0.3, -0.25) is 0 Å². The molecule has 0 aliphatic carbocycles. The highest BCUT2D eigenvalue weighted by atomic mass is 16.5. The molecule has 0 saturated carbocycles. The third kappa shape index (κ3) is 7.46. The molecule has 0 aliphatic rings. The normalized spacial score (nSPS) is 13.6. The molecule has 0 aromatic heterocycles. The topological polar surface area (TPSA) is 46.5 Å². The lowest BCUT2D eigenvalue weighted by Gasteiger charge is -2.06. The Kier molecular flexibility index (Phi) is 8.91. The Balaban J connectivity index is 3.72. The van der Waals surface area contributed by atoms with E-state index in [-0.39, 0.29) is 5.97 Å². The highest BCUT2D eigenvalue weighted by molar-refractivity contribution is 5.87. The van der Waals surface area contributed by atoms with E-state index >= 15 is 0 Å². The van der Waals surface area contributed by atoms with Crippen molar-refractivity contribution in [1.29, 1.82) is 0 Å². The van der Waals surface area contributed by atoms with E-state index in [1.54, 1.807) is 13.0 Å². The van der Waals surface area contributed by atoms with Gasteiger partial charge >= 0.3 is 5.97 Å². The summed E-state index contributed by atoms with van der Waals surface area (Å²) in [6.45, 7) is 3.84. The van der Waals surface area contributed by atoms with Crippen molar-refractivity contribution in [3.8, 4) is 0 Å². The number of aliphatic hydroxyl groups excluding tert-OH is 1. The van der Waals surface area contributed by atoms with Gasteiger partial charge in [-0.2, -0.15) is 0 Å². The van der Waals surface area contributed by atoms with Crippen LogP contribution < -0.4 is 0 Å². The van der Waals surface area contributed by atoms with Gasteiger partial charge in [-0.25, -0.2) is 4.79 Å². The number of rotatable bonds is 8. The van der Waals surface area contributed by atoms with E-state index in [4.69, 9.17) is 0 Å². The lowest BCUT2D eigenvalue weighted by molar-refractivity contribution is -0.136. The maximum atomic E-state index is 11.1. The van der Waals surface area contributed by atoms with Crippen molar-refractivity contribution in [2.75, 3.05) is 7.11 Å².